The SMILES string of the molecule is COc1cccc([C@@]2(O)CCCCC2CN(C)C)c1.[Cl-]. The van der Waals surface area contributed by atoms with Crippen LogP contribution in [-0.4, -0.2) is 37.8 Å². The highest BCUT2D eigenvalue weighted by atomic mass is 35.5. The first kappa shape index (κ1) is 17.3. The molecule has 0 heterocycles. The van der Waals surface area contributed by atoms with Gasteiger partial charge in [0.25, 0.3) is 0 Å². The lowest BCUT2D eigenvalue weighted by Crippen LogP contribution is -3.00. The van der Waals surface area contributed by atoms with E-state index in [-0.39, 0.29) is 12.4 Å². The fraction of sp³-hybridized carbons (Fsp3) is 0.625. The minimum absolute atomic E-state index is 0. The molecule has 1 N–H and O–H groups in total. The number of methoxy groups -OCH3 is 1. The van der Waals surface area contributed by atoms with E-state index >= 15 is 0 Å². The molecule has 0 spiro atoms. The van der Waals surface area contributed by atoms with Crippen LogP contribution >= 0.6 is 0 Å². The molecule has 20 heavy (non-hydrogen) atoms. The van der Waals surface area contributed by atoms with Gasteiger partial charge in [-0.1, -0.05) is 25.0 Å². The first-order valence-corrected chi connectivity index (χ1v) is 7.08. The van der Waals surface area contributed by atoms with Crippen molar-refractivity contribution in [3.05, 3.63) is 29.8 Å². The molecule has 1 saturated carbocycles. The van der Waals surface area contributed by atoms with E-state index in [1.54, 1.807) is 7.11 Å². The van der Waals surface area contributed by atoms with Crippen molar-refractivity contribution in [1.82, 2.24) is 4.90 Å². The fourth-order valence-corrected chi connectivity index (χ4v) is 3.18. The van der Waals surface area contributed by atoms with E-state index in [1.807, 2.05) is 24.3 Å². The van der Waals surface area contributed by atoms with Crippen LogP contribution in [0.3, 0.4) is 0 Å². The molecule has 4 heteroatoms. The van der Waals surface area contributed by atoms with Gasteiger partial charge in [-0.15, -0.1) is 0 Å². The van der Waals surface area contributed by atoms with E-state index in [2.05, 4.69) is 19.0 Å². The van der Waals surface area contributed by atoms with Gasteiger partial charge in [-0.05, 0) is 44.6 Å². The van der Waals surface area contributed by atoms with Crippen LogP contribution in [0.25, 0.3) is 0 Å². The van der Waals surface area contributed by atoms with Crippen LogP contribution in [0, 0.1) is 5.92 Å². The maximum absolute atomic E-state index is 11.2. The quantitative estimate of drug-likeness (QED) is 0.824. The highest BCUT2D eigenvalue weighted by Gasteiger charge is 2.40. The summed E-state index contributed by atoms with van der Waals surface area (Å²) < 4.78 is 5.29. The Balaban J connectivity index is 0.00000200. The molecule has 2 rings (SSSR count). The van der Waals surface area contributed by atoms with Crippen molar-refractivity contribution in [2.24, 2.45) is 5.92 Å². The Bertz CT molecular complexity index is 425. The lowest BCUT2D eigenvalue weighted by molar-refractivity contribution is -0.0619. The second-order valence-electron chi connectivity index (χ2n) is 5.86. The molecule has 114 valence electrons. The van der Waals surface area contributed by atoms with Gasteiger partial charge < -0.3 is 27.2 Å². The van der Waals surface area contributed by atoms with E-state index in [9.17, 15) is 5.11 Å². The lowest BCUT2D eigenvalue weighted by atomic mass is 9.71. The van der Waals surface area contributed by atoms with Crippen LogP contribution in [0.2, 0.25) is 0 Å². The van der Waals surface area contributed by atoms with E-state index in [4.69, 9.17) is 4.74 Å². The molecule has 1 aliphatic rings. The summed E-state index contributed by atoms with van der Waals surface area (Å²) in [6.07, 6.45) is 4.24. The summed E-state index contributed by atoms with van der Waals surface area (Å²) in [6, 6.07) is 7.90. The summed E-state index contributed by atoms with van der Waals surface area (Å²) in [5, 5.41) is 11.2. The molecule has 3 nitrogen and oxygen atoms in total. The molecule has 0 aliphatic heterocycles. The van der Waals surface area contributed by atoms with Gasteiger partial charge >= 0.3 is 0 Å². The molecule has 1 aliphatic carbocycles. The van der Waals surface area contributed by atoms with Crippen molar-refractivity contribution in [1.29, 1.82) is 0 Å². The summed E-state index contributed by atoms with van der Waals surface area (Å²) in [5.74, 6) is 1.11. The number of nitrogens with zero attached hydrogens (tertiary/aromatic N) is 1. The van der Waals surface area contributed by atoms with Crippen molar-refractivity contribution in [3.63, 3.8) is 0 Å². The summed E-state index contributed by atoms with van der Waals surface area (Å²) >= 11 is 0. The molecule has 1 aromatic carbocycles. The Labute approximate surface area is 128 Å². The van der Waals surface area contributed by atoms with Crippen molar-refractivity contribution in [3.8, 4) is 5.75 Å². The average Bonchev–Trinajstić information content (AvgIpc) is 2.41. The Hall–Kier alpha value is -0.770. The molecule has 0 bridgehead atoms. The van der Waals surface area contributed by atoms with Crippen LogP contribution in [0.15, 0.2) is 24.3 Å². The van der Waals surface area contributed by atoms with E-state index in [0.717, 1.165) is 37.1 Å². The van der Waals surface area contributed by atoms with Gasteiger partial charge in [0.15, 0.2) is 0 Å². The highest BCUT2D eigenvalue weighted by Crippen LogP contribution is 2.42. The van der Waals surface area contributed by atoms with Crippen LogP contribution in [-0.2, 0) is 5.60 Å². The monoisotopic (exact) mass is 298 g/mol. The molecule has 1 fully saturated rings. The largest absolute Gasteiger partial charge is 1.00 e. The lowest BCUT2D eigenvalue weighted by Gasteiger charge is -2.41. The number of rotatable bonds is 4. The number of aliphatic hydroxyl groups is 1. The molecule has 1 aromatic rings. The van der Waals surface area contributed by atoms with Crippen LogP contribution in [0.5, 0.6) is 5.75 Å². The van der Waals surface area contributed by atoms with Crippen LogP contribution < -0.4 is 17.1 Å². The molecule has 2 atom stereocenters. The predicted molar refractivity (Wildman–Crippen MR) is 77.4 cm³/mol. The number of benzene rings is 1. The zero-order valence-corrected chi connectivity index (χ0v) is 13.4. The van der Waals surface area contributed by atoms with Gasteiger partial charge in [0.1, 0.15) is 5.75 Å². The third kappa shape index (κ3) is 3.66. The van der Waals surface area contributed by atoms with Gasteiger partial charge in [0.2, 0.25) is 0 Å². The minimum Gasteiger partial charge on any atom is -1.00 e. The maximum atomic E-state index is 11.2. The number of halogens is 1. The Morgan fingerprint density at radius 3 is 2.75 bits per heavy atom. The molecule has 0 aromatic heterocycles. The summed E-state index contributed by atoms with van der Waals surface area (Å²) in [7, 11) is 5.81. The van der Waals surface area contributed by atoms with Gasteiger partial charge in [0.05, 0.1) is 12.7 Å². The topological polar surface area (TPSA) is 32.7 Å². The van der Waals surface area contributed by atoms with Gasteiger partial charge in [-0.3, -0.25) is 0 Å². The average molecular weight is 299 g/mol. The third-order valence-corrected chi connectivity index (χ3v) is 4.19. The first-order valence-electron chi connectivity index (χ1n) is 7.08. The number of ether oxygens (including phenoxy) is 1. The molecular weight excluding hydrogens is 274 g/mol. The smallest absolute Gasteiger partial charge is 0.119 e. The highest BCUT2D eigenvalue weighted by molar-refractivity contribution is 5.33. The molecule has 0 amide bonds. The second kappa shape index (κ2) is 7.30. The maximum Gasteiger partial charge on any atom is 0.119 e. The van der Waals surface area contributed by atoms with Crippen molar-refractivity contribution in [2.45, 2.75) is 31.3 Å². The van der Waals surface area contributed by atoms with Crippen molar-refractivity contribution >= 4 is 0 Å². The van der Waals surface area contributed by atoms with Crippen molar-refractivity contribution in [2.75, 3.05) is 27.7 Å². The van der Waals surface area contributed by atoms with Gasteiger partial charge in [0, 0.05) is 12.5 Å². The van der Waals surface area contributed by atoms with Gasteiger partial charge in [-0.25, -0.2) is 0 Å². The third-order valence-electron chi connectivity index (χ3n) is 4.19. The summed E-state index contributed by atoms with van der Waals surface area (Å²) in [5.41, 5.74) is 0.287. The Morgan fingerprint density at radius 1 is 1.35 bits per heavy atom. The van der Waals surface area contributed by atoms with E-state index in [1.165, 1.54) is 6.42 Å². The van der Waals surface area contributed by atoms with E-state index < -0.39 is 5.60 Å². The first-order chi connectivity index (χ1) is 9.06. The summed E-state index contributed by atoms with van der Waals surface area (Å²) in [4.78, 5) is 2.17. The normalized spacial score (nSPS) is 26.1. The standard InChI is InChI=1S/C16H25NO2.ClH/c1-17(2)12-14-7-4-5-10-16(14,18)13-8-6-9-15(11-13)19-3;/h6,8-9,11,14,18H,4-5,7,10,12H2,1-3H3;1H/p-1/t14?,16-;/m0./s1. The Morgan fingerprint density at radius 2 is 2.10 bits per heavy atom. The zero-order valence-electron chi connectivity index (χ0n) is 12.6. The molecule has 0 saturated heterocycles. The molecule has 1 unspecified atom stereocenters. The summed E-state index contributed by atoms with van der Waals surface area (Å²) in [6.45, 7) is 0.924. The molecular formula is C16H25ClNO2-. The number of hydrogen-bond donors (Lipinski definition) is 1. The fourth-order valence-electron chi connectivity index (χ4n) is 3.18. The van der Waals surface area contributed by atoms with Gasteiger partial charge in [-0.2, -0.15) is 0 Å². The van der Waals surface area contributed by atoms with Crippen LogP contribution in [0.4, 0.5) is 0 Å². The van der Waals surface area contributed by atoms with Crippen molar-refractivity contribution < 1.29 is 22.3 Å². The Kier molecular flexibility index (Phi) is 6.31. The minimum atomic E-state index is -0.711. The zero-order chi connectivity index (χ0) is 13.9. The van der Waals surface area contributed by atoms with E-state index in [0.29, 0.717) is 5.92 Å². The number of hydrogen-bond acceptors (Lipinski definition) is 3. The second-order valence-corrected chi connectivity index (χ2v) is 5.86. The van der Waals surface area contributed by atoms with Crippen LogP contribution in [0.1, 0.15) is 31.2 Å². The predicted octanol–water partition coefficient (Wildman–Crippen LogP) is -0.361. The molecule has 0 radical (unpaired) electrons.